The molecule has 6 heteroatoms. The second kappa shape index (κ2) is 12.5. The van der Waals surface area contributed by atoms with Gasteiger partial charge in [-0.2, -0.15) is 5.26 Å². The fourth-order valence-electron chi connectivity index (χ4n) is 6.46. The van der Waals surface area contributed by atoms with Gasteiger partial charge in [0.2, 0.25) is 5.91 Å². The molecule has 6 nitrogen and oxygen atoms in total. The van der Waals surface area contributed by atoms with Gasteiger partial charge in [-0.25, -0.2) is 0 Å². The summed E-state index contributed by atoms with van der Waals surface area (Å²) < 4.78 is 0. The van der Waals surface area contributed by atoms with E-state index >= 15 is 0 Å². The molecule has 0 unspecified atom stereocenters. The zero-order valence-electron chi connectivity index (χ0n) is 23.1. The Morgan fingerprint density at radius 1 is 0.825 bits per heavy atom. The monoisotopic (exact) mass is 534 g/mol. The molecule has 0 saturated carbocycles. The Morgan fingerprint density at radius 3 is 1.95 bits per heavy atom. The second-order valence-electron chi connectivity index (χ2n) is 11.0. The molecule has 1 spiro atoms. The topological polar surface area (TPSA) is 67.6 Å². The predicted molar refractivity (Wildman–Crippen MR) is 158 cm³/mol. The molecule has 3 aromatic carbocycles. The number of para-hydroxylation sites is 1. The molecule has 206 valence electrons. The van der Waals surface area contributed by atoms with Gasteiger partial charge in [0.25, 0.3) is 0 Å². The van der Waals surface area contributed by atoms with E-state index in [1.165, 1.54) is 0 Å². The second-order valence-corrected chi connectivity index (χ2v) is 11.0. The van der Waals surface area contributed by atoms with E-state index in [9.17, 15) is 14.9 Å². The molecule has 0 N–H and O–H groups in total. The molecule has 2 aliphatic rings. The average Bonchev–Trinajstić information content (AvgIpc) is 3.28. The molecule has 2 heterocycles. The number of carbonyl (C=O) groups excluding carboxylic acids is 2. The predicted octanol–water partition coefficient (Wildman–Crippen LogP) is 5.40. The lowest BCUT2D eigenvalue weighted by molar-refractivity contribution is -0.133. The van der Waals surface area contributed by atoms with Gasteiger partial charge in [-0.3, -0.25) is 4.79 Å². The van der Waals surface area contributed by atoms with Crippen LogP contribution in [0.25, 0.3) is 0 Å². The Kier molecular flexibility index (Phi) is 8.62. The molecular formula is C34H38N4O2. The van der Waals surface area contributed by atoms with Crippen molar-refractivity contribution in [3.63, 3.8) is 0 Å². The summed E-state index contributed by atoms with van der Waals surface area (Å²) in [5.74, 6) is 0.210. The van der Waals surface area contributed by atoms with Gasteiger partial charge in [0.05, 0.1) is 12.7 Å². The van der Waals surface area contributed by atoms with Gasteiger partial charge in [0, 0.05) is 38.3 Å². The zero-order valence-corrected chi connectivity index (χ0v) is 23.1. The van der Waals surface area contributed by atoms with Gasteiger partial charge in [0.1, 0.15) is 17.2 Å². The Bertz CT molecular complexity index is 1260. The van der Waals surface area contributed by atoms with E-state index in [0.717, 1.165) is 68.4 Å². The van der Waals surface area contributed by atoms with Crippen LogP contribution in [0.15, 0.2) is 91.0 Å². The minimum absolute atomic E-state index is 0.210. The maximum absolute atomic E-state index is 13.9. The number of aldehydes is 1. The first-order chi connectivity index (χ1) is 19.6. The van der Waals surface area contributed by atoms with E-state index in [1.54, 1.807) is 0 Å². The molecule has 5 rings (SSSR count). The number of unbranched alkanes of at least 4 members (excludes halogenated alkanes) is 2. The number of amides is 1. The van der Waals surface area contributed by atoms with Crippen LogP contribution in [0.3, 0.4) is 0 Å². The first-order valence-corrected chi connectivity index (χ1v) is 14.4. The van der Waals surface area contributed by atoms with Crippen molar-refractivity contribution in [1.82, 2.24) is 9.80 Å². The standard InChI is InChI=1S/C34H38N4O2/c35-27-33(29-13-5-1-6-14-29,30-15-7-2-8-16-30)19-23-36-24-20-34(21-25-36)32(40)37(22-11-4-12-26-39)28-38(34)31-17-9-3-10-18-31/h1-3,5-10,13-18,26H,4,11-12,19-25,28H2. The van der Waals surface area contributed by atoms with Crippen LogP contribution < -0.4 is 4.90 Å². The maximum atomic E-state index is 13.9. The van der Waals surface area contributed by atoms with Gasteiger partial charge in [0.15, 0.2) is 0 Å². The summed E-state index contributed by atoms with van der Waals surface area (Å²) >= 11 is 0. The average molecular weight is 535 g/mol. The largest absolute Gasteiger partial charge is 0.339 e. The van der Waals surface area contributed by atoms with E-state index in [2.05, 4.69) is 52.3 Å². The Balaban J connectivity index is 1.32. The van der Waals surface area contributed by atoms with Gasteiger partial charge in [-0.15, -0.1) is 0 Å². The van der Waals surface area contributed by atoms with Crippen molar-refractivity contribution in [1.29, 1.82) is 5.26 Å². The third kappa shape index (κ3) is 5.39. The minimum atomic E-state index is -0.727. The van der Waals surface area contributed by atoms with Crippen molar-refractivity contribution in [3.05, 3.63) is 102 Å². The number of carbonyl (C=O) groups is 2. The van der Waals surface area contributed by atoms with Crippen LogP contribution in [0.1, 0.15) is 49.7 Å². The first-order valence-electron chi connectivity index (χ1n) is 14.4. The fourth-order valence-corrected chi connectivity index (χ4v) is 6.46. The number of rotatable bonds is 11. The number of benzene rings is 3. The van der Waals surface area contributed by atoms with E-state index < -0.39 is 11.0 Å². The molecule has 3 aromatic rings. The van der Waals surface area contributed by atoms with Crippen LogP contribution in [0, 0.1) is 11.3 Å². The lowest BCUT2D eigenvalue weighted by Crippen LogP contribution is -2.56. The molecule has 2 fully saturated rings. The lowest BCUT2D eigenvalue weighted by Gasteiger charge is -2.44. The van der Waals surface area contributed by atoms with Gasteiger partial charge < -0.3 is 19.5 Å². The summed E-state index contributed by atoms with van der Waals surface area (Å²) in [6.45, 7) is 3.66. The van der Waals surface area contributed by atoms with E-state index in [-0.39, 0.29) is 5.91 Å². The molecule has 0 atom stereocenters. The fraction of sp³-hybridized carbons (Fsp3) is 0.382. The van der Waals surface area contributed by atoms with E-state index in [0.29, 0.717) is 26.1 Å². The SMILES string of the molecule is N#CC(CCN1CCC2(CC1)C(=O)N(CCCCC=O)CN2c1ccccc1)(c1ccccc1)c1ccccc1. The highest BCUT2D eigenvalue weighted by Gasteiger charge is 2.53. The summed E-state index contributed by atoms with van der Waals surface area (Å²) in [5, 5.41) is 10.6. The molecule has 40 heavy (non-hydrogen) atoms. The number of likely N-dealkylation sites (tertiary alicyclic amines) is 1. The molecule has 2 aliphatic heterocycles. The normalized spacial score (nSPS) is 17.2. The van der Waals surface area contributed by atoms with E-state index in [4.69, 9.17) is 0 Å². The molecule has 1 amide bonds. The molecular weight excluding hydrogens is 496 g/mol. The molecule has 0 aromatic heterocycles. The highest BCUT2D eigenvalue weighted by molar-refractivity contribution is 5.93. The number of anilines is 1. The van der Waals surface area contributed by atoms with Crippen LogP contribution in [-0.4, -0.2) is 60.4 Å². The maximum Gasteiger partial charge on any atom is 0.250 e. The molecule has 0 radical (unpaired) electrons. The van der Waals surface area contributed by atoms with Crippen molar-refractivity contribution in [3.8, 4) is 6.07 Å². The van der Waals surface area contributed by atoms with Crippen LogP contribution in [-0.2, 0) is 15.0 Å². The minimum Gasteiger partial charge on any atom is -0.339 e. The van der Waals surface area contributed by atoms with Gasteiger partial charge in [-0.05, 0) is 55.4 Å². The van der Waals surface area contributed by atoms with Crippen molar-refractivity contribution in [2.75, 3.05) is 37.7 Å². The summed E-state index contributed by atoms with van der Waals surface area (Å²) in [6, 6.07) is 33.2. The number of hydrogen-bond acceptors (Lipinski definition) is 5. The molecule has 0 bridgehead atoms. The zero-order chi connectivity index (χ0) is 27.8. The highest BCUT2D eigenvalue weighted by Crippen LogP contribution is 2.41. The van der Waals surface area contributed by atoms with Crippen molar-refractivity contribution in [2.24, 2.45) is 0 Å². The summed E-state index contributed by atoms with van der Waals surface area (Å²) in [7, 11) is 0. The Labute approximate surface area is 237 Å². The lowest BCUT2D eigenvalue weighted by atomic mass is 9.73. The highest BCUT2D eigenvalue weighted by atomic mass is 16.2. The third-order valence-corrected chi connectivity index (χ3v) is 8.79. The van der Waals surface area contributed by atoms with Crippen molar-refractivity contribution in [2.45, 2.75) is 49.5 Å². The van der Waals surface area contributed by atoms with Crippen molar-refractivity contribution >= 4 is 17.9 Å². The summed E-state index contributed by atoms with van der Waals surface area (Å²) in [6.07, 6.45) is 5.33. The van der Waals surface area contributed by atoms with Gasteiger partial charge in [-0.1, -0.05) is 78.9 Å². The number of nitrogens with zero attached hydrogens (tertiary/aromatic N) is 4. The number of piperidine rings is 1. The van der Waals surface area contributed by atoms with Crippen LogP contribution in [0.2, 0.25) is 0 Å². The van der Waals surface area contributed by atoms with Crippen LogP contribution >= 0.6 is 0 Å². The Morgan fingerprint density at radius 2 is 1.40 bits per heavy atom. The third-order valence-electron chi connectivity index (χ3n) is 8.79. The summed E-state index contributed by atoms with van der Waals surface area (Å²) in [5.41, 5.74) is 1.84. The van der Waals surface area contributed by atoms with E-state index in [1.807, 2.05) is 59.5 Å². The number of hydrogen-bond donors (Lipinski definition) is 0. The van der Waals surface area contributed by atoms with Crippen LogP contribution in [0.5, 0.6) is 0 Å². The molecule has 2 saturated heterocycles. The smallest absolute Gasteiger partial charge is 0.250 e. The Hall–Kier alpha value is -3.95. The quantitative estimate of drug-likeness (QED) is 0.244. The number of nitriles is 1. The van der Waals surface area contributed by atoms with Crippen LogP contribution in [0.4, 0.5) is 5.69 Å². The first kappa shape index (κ1) is 27.6. The molecule has 0 aliphatic carbocycles. The summed E-state index contributed by atoms with van der Waals surface area (Å²) in [4.78, 5) is 31.4. The van der Waals surface area contributed by atoms with Crippen molar-refractivity contribution < 1.29 is 9.59 Å². The van der Waals surface area contributed by atoms with Gasteiger partial charge >= 0.3 is 0 Å².